The molecule has 0 unspecified atom stereocenters. The van der Waals surface area contributed by atoms with Crippen LogP contribution in [0.25, 0.3) is 0 Å². The molecule has 0 radical (unpaired) electrons. The van der Waals surface area contributed by atoms with Gasteiger partial charge in [-0.15, -0.1) is 0 Å². The maximum absolute atomic E-state index is 12.6. The Balaban J connectivity index is 1.64. The van der Waals surface area contributed by atoms with E-state index in [2.05, 4.69) is 12.1 Å². The minimum Gasteiger partial charge on any atom is -0.483 e. The Morgan fingerprint density at radius 2 is 1.92 bits per heavy atom. The van der Waals surface area contributed by atoms with E-state index in [9.17, 15) is 4.79 Å². The molecule has 1 saturated heterocycles. The normalized spacial score (nSPS) is 19.9. The van der Waals surface area contributed by atoms with Crippen LogP contribution in [0.15, 0.2) is 48.5 Å². The zero-order valence-electron chi connectivity index (χ0n) is 14.9. The van der Waals surface area contributed by atoms with Crippen molar-refractivity contribution in [3.05, 3.63) is 65.2 Å². The first-order chi connectivity index (χ1) is 12.1. The average Bonchev–Trinajstić information content (AvgIpc) is 3.07. The summed E-state index contributed by atoms with van der Waals surface area (Å²) in [6.45, 7) is 6.08. The molecule has 2 aromatic carbocycles. The molecule has 1 amide bonds. The standard InChI is InChI=1S/C21H26N2O2/c1-15-8-9-16(2)20(10-15)25-14-21(24)23-12-18(11-22)19(13-23)17-6-4-3-5-7-17/h3-10,18-19H,11-14,22H2,1-2H3/t18-,19+/m1/s1. The van der Waals surface area contributed by atoms with E-state index in [1.807, 2.05) is 55.1 Å². The Morgan fingerprint density at radius 3 is 2.64 bits per heavy atom. The van der Waals surface area contributed by atoms with E-state index in [0.29, 0.717) is 31.5 Å². The lowest BCUT2D eigenvalue weighted by Gasteiger charge is -2.18. The van der Waals surface area contributed by atoms with Crippen LogP contribution >= 0.6 is 0 Å². The number of rotatable bonds is 5. The van der Waals surface area contributed by atoms with Gasteiger partial charge in [-0.05, 0) is 49.1 Å². The average molecular weight is 338 g/mol. The van der Waals surface area contributed by atoms with Crippen molar-refractivity contribution in [3.8, 4) is 5.75 Å². The van der Waals surface area contributed by atoms with Crippen molar-refractivity contribution in [2.24, 2.45) is 11.7 Å². The van der Waals surface area contributed by atoms with E-state index in [1.165, 1.54) is 5.56 Å². The number of ether oxygens (including phenoxy) is 1. The van der Waals surface area contributed by atoms with Crippen LogP contribution in [-0.4, -0.2) is 37.0 Å². The van der Waals surface area contributed by atoms with Gasteiger partial charge >= 0.3 is 0 Å². The van der Waals surface area contributed by atoms with Crippen LogP contribution in [0.1, 0.15) is 22.6 Å². The molecule has 1 heterocycles. The predicted octanol–water partition coefficient (Wildman–Crippen LogP) is 2.88. The summed E-state index contributed by atoms with van der Waals surface area (Å²) in [7, 11) is 0. The van der Waals surface area contributed by atoms with Gasteiger partial charge in [0.2, 0.25) is 0 Å². The lowest BCUT2D eigenvalue weighted by Crippen LogP contribution is -2.33. The number of likely N-dealkylation sites (tertiary alicyclic amines) is 1. The van der Waals surface area contributed by atoms with Crippen molar-refractivity contribution >= 4 is 5.91 Å². The molecule has 1 fully saturated rings. The van der Waals surface area contributed by atoms with Gasteiger partial charge in [0, 0.05) is 19.0 Å². The Kier molecular flexibility index (Phi) is 5.39. The second kappa shape index (κ2) is 7.70. The number of aryl methyl sites for hydroxylation is 2. The van der Waals surface area contributed by atoms with Gasteiger partial charge in [0.1, 0.15) is 5.75 Å². The summed E-state index contributed by atoms with van der Waals surface area (Å²) >= 11 is 0. The SMILES string of the molecule is Cc1ccc(C)c(OCC(=O)N2C[C@@H](CN)[C@H](c3ccccc3)C2)c1. The van der Waals surface area contributed by atoms with Crippen molar-refractivity contribution in [2.45, 2.75) is 19.8 Å². The Bertz CT molecular complexity index is 730. The van der Waals surface area contributed by atoms with Crippen molar-refractivity contribution in [1.29, 1.82) is 0 Å². The summed E-state index contributed by atoms with van der Waals surface area (Å²) in [4.78, 5) is 14.5. The number of carbonyl (C=O) groups excluding carboxylic acids is 1. The maximum atomic E-state index is 12.6. The molecular formula is C21H26N2O2. The number of hydrogen-bond acceptors (Lipinski definition) is 3. The van der Waals surface area contributed by atoms with E-state index in [0.717, 1.165) is 16.9 Å². The largest absolute Gasteiger partial charge is 0.483 e. The van der Waals surface area contributed by atoms with Crippen LogP contribution in [0, 0.1) is 19.8 Å². The summed E-state index contributed by atoms with van der Waals surface area (Å²) < 4.78 is 5.78. The first-order valence-electron chi connectivity index (χ1n) is 8.81. The smallest absolute Gasteiger partial charge is 0.260 e. The van der Waals surface area contributed by atoms with Gasteiger partial charge in [-0.1, -0.05) is 42.5 Å². The first-order valence-corrected chi connectivity index (χ1v) is 8.81. The Hall–Kier alpha value is -2.33. The highest BCUT2D eigenvalue weighted by atomic mass is 16.5. The van der Waals surface area contributed by atoms with Crippen molar-refractivity contribution in [2.75, 3.05) is 26.2 Å². The number of nitrogens with zero attached hydrogens (tertiary/aromatic N) is 1. The highest BCUT2D eigenvalue weighted by molar-refractivity contribution is 5.78. The van der Waals surface area contributed by atoms with Gasteiger partial charge in [0.05, 0.1) is 0 Å². The van der Waals surface area contributed by atoms with E-state index in [4.69, 9.17) is 10.5 Å². The molecule has 132 valence electrons. The summed E-state index contributed by atoms with van der Waals surface area (Å²) in [5, 5.41) is 0. The summed E-state index contributed by atoms with van der Waals surface area (Å²) in [5.74, 6) is 1.41. The first kappa shape index (κ1) is 17.5. The van der Waals surface area contributed by atoms with Gasteiger partial charge in [-0.25, -0.2) is 0 Å². The Labute approximate surface area is 149 Å². The molecule has 2 aromatic rings. The number of benzene rings is 2. The summed E-state index contributed by atoms with van der Waals surface area (Å²) in [5.41, 5.74) is 9.38. The molecule has 2 atom stereocenters. The van der Waals surface area contributed by atoms with Crippen LogP contribution in [-0.2, 0) is 4.79 Å². The predicted molar refractivity (Wildman–Crippen MR) is 99.7 cm³/mol. The van der Waals surface area contributed by atoms with Crippen molar-refractivity contribution in [3.63, 3.8) is 0 Å². The van der Waals surface area contributed by atoms with E-state index in [-0.39, 0.29) is 12.5 Å². The number of carbonyl (C=O) groups is 1. The molecule has 1 aliphatic heterocycles. The molecule has 3 rings (SSSR count). The lowest BCUT2D eigenvalue weighted by molar-refractivity contribution is -0.132. The summed E-state index contributed by atoms with van der Waals surface area (Å²) in [6, 6.07) is 16.4. The van der Waals surface area contributed by atoms with Crippen molar-refractivity contribution < 1.29 is 9.53 Å². The third kappa shape index (κ3) is 4.02. The second-order valence-electron chi connectivity index (χ2n) is 6.87. The van der Waals surface area contributed by atoms with E-state index >= 15 is 0 Å². The third-order valence-electron chi connectivity index (χ3n) is 5.02. The molecule has 1 aliphatic rings. The van der Waals surface area contributed by atoms with E-state index < -0.39 is 0 Å². The molecule has 0 bridgehead atoms. The lowest BCUT2D eigenvalue weighted by atomic mass is 9.89. The minimum atomic E-state index is 0.0257. The summed E-state index contributed by atoms with van der Waals surface area (Å²) in [6.07, 6.45) is 0. The van der Waals surface area contributed by atoms with Gasteiger partial charge in [0.25, 0.3) is 5.91 Å². The Morgan fingerprint density at radius 1 is 1.16 bits per heavy atom. The molecule has 4 heteroatoms. The van der Waals surface area contributed by atoms with Crippen molar-refractivity contribution in [1.82, 2.24) is 4.90 Å². The third-order valence-corrected chi connectivity index (χ3v) is 5.02. The van der Waals surface area contributed by atoms with Crippen LogP contribution in [0.2, 0.25) is 0 Å². The van der Waals surface area contributed by atoms with Crippen LogP contribution < -0.4 is 10.5 Å². The second-order valence-corrected chi connectivity index (χ2v) is 6.87. The molecule has 0 saturated carbocycles. The molecule has 2 N–H and O–H groups in total. The zero-order chi connectivity index (χ0) is 17.8. The highest BCUT2D eigenvalue weighted by Crippen LogP contribution is 2.32. The van der Waals surface area contributed by atoms with Gasteiger partial charge in [-0.2, -0.15) is 0 Å². The minimum absolute atomic E-state index is 0.0257. The maximum Gasteiger partial charge on any atom is 0.260 e. The molecular weight excluding hydrogens is 312 g/mol. The number of hydrogen-bond donors (Lipinski definition) is 1. The van der Waals surface area contributed by atoms with Crippen LogP contribution in [0.5, 0.6) is 5.75 Å². The quantitative estimate of drug-likeness (QED) is 0.912. The molecule has 4 nitrogen and oxygen atoms in total. The van der Waals surface area contributed by atoms with Gasteiger partial charge in [-0.3, -0.25) is 4.79 Å². The topological polar surface area (TPSA) is 55.6 Å². The molecule has 0 spiro atoms. The number of nitrogens with two attached hydrogens (primary N) is 1. The fourth-order valence-electron chi connectivity index (χ4n) is 3.49. The molecule has 0 aromatic heterocycles. The zero-order valence-corrected chi connectivity index (χ0v) is 14.9. The fourth-order valence-corrected chi connectivity index (χ4v) is 3.49. The van der Waals surface area contributed by atoms with E-state index in [1.54, 1.807) is 0 Å². The van der Waals surface area contributed by atoms with Crippen LogP contribution in [0.3, 0.4) is 0 Å². The monoisotopic (exact) mass is 338 g/mol. The van der Waals surface area contributed by atoms with Crippen LogP contribution in [0.4, 0.5) is 0 Å². The highest BCUT2D eigenvalue weighted by Gasteiger charge is 2.35. The molecule has 0 aliphatic carbocycles. The fraction of sp³-hybridized carbons (Fsp3) is 0.381. The molecule has 25 heavy (non-hydrogen) atoms. The van der Waals surface area contributed by atoms with Gasteiger partial charge < -0.3 is 15.4 Å². The number of amides is 1. The van der Waals surface area contributed by atoms with Gasteiger partial charge in [0.15, 0.2) is 6.61 Å².